The zero-order valence-corrected chi connectivity index (χ0v) is 14.8. The van der Waals surface area contributed by atoms with Crippen molar-refractivity contribution in [3.8, 4) is 0 Å². The zero-order valence-electron chi connectivity index (χ0n) is 13.2. The molecular formula is C16H24N2S2. The highest BCUT2D eigenvalue weighted by Crippen LogP contribution is 2.19. The van der Waals surface area contributed by atoms with Crippen molar-refractivity contribution in [3.63, 3.8) is 0 Å². The third kappa shape index (κ3) is 6.78. The highest BCUT2D eigenvalue weighted by molar-refractivity contribution is 7.18. The van der Waals surface area contributed by atoms with Gasteiger partial charge in [-0.15, -0.1) is 22.7 Å². The van der Waals surface area contributed by atoms with E-state index in [1.165, 1.54) is 4.70 Å². The highest BCUT2D eigenvalue weighted by Gasteiger charge is 1.95. The number of aromatic nitrogens is 2. The summed E-state index contributed by atoms with van der Waals surface area (Å²) < 4.78 is 1.28. The van der Waals surface area contributed by atoms with E-state index in [1.54, 1.807) is 28.9 Å². The number of para-hydroxylation sites is 1. The number of hydrogen-bond donors (Lipinski definition) is 0. The molecule has 0 aliphatic rings. The Hall–Kier alpha value is -1.26. The van der Waals surface area contributed by atoms with Gasteiger partial charge in [-0.2, -0.15) is 0 Å². The predicted octanol–water partition coefficient (Wildman–Crippen LogP) is 6.11. The number of fused-ring (bicyclic) bond motifs is 1. The minimum Gasteiger partial charge on any atom is -0.250 e. The first-order valence-corrected chi connectivity index (χ1v) is 8.63. The Morgan fingerprint density at radius 1 is 0.900 bits per heavy atom. The molecule has 0 N–H and O–H groups in total. The van der Waals surface area contributed by atoms with Crippen molar-refractivity contribution in [2.45, 2.75) is 41.5 Å². The maximum atomic E-state index is 4.33. The molecule has 0 aliphatic heterocycles. The number of nitrogens with zero attached hydrogens (tertiary/aromatic N) is 2. The molecule has 20 heavy (non-hydrogen) atoms. The van der Waals surface area contributed by atoms with Crippen molar-refractivity contribution >= 4 is 32.9 Å². The van der Waals surface area contributed by atoms with Crippen molar-refractivity contribution in [3.05, 3.63) is 45.9 Å². The minimum absolute atomic E-state index is 1.12. The van der Waals surface area contributed by atoms with Gasteiger partial charge in [0.25, 0.3) is 0 Å². The van der Waals surface area contributed by atoms with Crippen molar-refractivity contribution in [2.24, 2.45) is 0 Å². The van der Waals surface area contributed by atoms with E-state index in [0.29, 0.717) is 0 Å². The number of aryl methyl sites for hydroxylation is 2. The van der Waals surface area contributed by atoms with Gasteiger partial charge in [-0.05, 0) is 26.0 Å². The highest BCUT2D eigenvalue weighted by atomic mass is 32.1. The molecule has 2 nitrogen and oxygen atoms in total. The van der Waals surface area contributed by atoms with E-state index in [0.717, 1.165) is 15.5 Å². The van der Waals surface area contributed by atoms with Crippen molar-refractivity contribution in [1.29, 1.82) is 0 Å². The molecule has 0 unspecified atom stereocenters. The first kappa shape index (κ1) is 18.7. The summed E-state index contributed by atoms with van der Waals surface area (Å²) in [5, 5.41) is 4.24. The molecule has 0 atom stereocenters. The number of thiazole rings is 2. The number of rotatable bonds is 0. The van der Waals surface area contributed by atoms with Crippen LogP contribution in [0.2, 0.25) is 0 Å². The summed E-state index contributed by atoms with van der Waals surface area (Å²) in [7, 11) is 0. The van der Waals surface area contributed by atoms with Gasteiger partial charge in [0.15, 0.2) is 0 Å². The van der Waals surface area contributed by atoms with Crippen LogP contribution in [-0.4, -0.2) is 9.97 Å². The second-order valence-corrected chi connectivity index (χ2v) is 5.59. The standard InChI is InChI=1S/C8H7NS.C4H5NS.2C2H6/c1-6-9-7-4-2-3-5-8(7)10-6;1-4-5-2-3-6-4;2*1-2/h2-5H,1H3;2-3H,1H3;2*1-2H3. The van der Waals surface area contributed by atoms with Crippen LogP contribution in [0.25, 0.3) is 10.2 Å². The summed E-state index contributed by atoms with van der Waals surface area (Å²) in [5.74, 6) is 0. The second kappa shape index (κ2) is 11.6. The summed E-state index contributed by atoms with van der Waals surface area (Å²) in [4.78, 5) is 8.27. The minimum atomic E-state index is 1.12. The largest absolute Gasteiger partial charge is 0.250 e. The normalized spacial score (nSPS) is 8.50. The Kier molecular flexibility index (Phi) is 10.8. The van der Waals surface area contributed by atoms with Gasteiger partial charge in [-0.1, -0.05) is 39.8 Å². The molecule has 3 rings (SSSR count). The molecule has 0 fully saturated rings. The number of benzene rings is 1. The molecule has 0 radical (unpaired) electrons. The Morgan fingerprint density at radius 3 is 2.00 bits per heavy atom. The molecule has 110 valence electrons. The van der Waals surface area contributed by atoms with Crippen molar-refractivity contribution in [1.82, 2.24) is 9.97 Å². The molecular weight excluding hydrogens is 284 g/mol. The van der Waals surface area contributed by atoms with Gasteiger partial charge in [-0.3, -0.25) is 4.98 Å². The molecule has 0 aliphatic carbocycles. The fourth-order valence-corrected chi connectivity index (χ4v) is 2.55. The smallest absolute Gasteiger partial charge is 0.0907 e. The lowest BCUT2D eigenvalue weighted by Crippen LogP contribution is -1.65. The first-order chi connectivity index (χ1) is 9.75. The predicted molar refractivity (Wildman–Crippen MR) is 93.9 cm³/mol. The van der Waals surface area contributed by atoms with Gasteiger partial charge in [0.05, 0.1) is 20.2 Å². The van der Waals surface area contributed by atoms with Crippen LogP contribution < -0.4 is 0 Å². The first-order valence-electron chi connectivity index (χ1n) is 6.94. The monoisotopic (exact) mass is 308 g/mol. The molecule has 0 spiro atoms. The van der Waals surface area contributed by atoms with Gasteiger partial charge < -0.3 is 0 Å². The molecule has 0 saturated carbocycles. The molecule has 0 amide bonds. The summed E-state index contributed by atoms with van der Waals surface area (Å²) in [6, 6.07) is 8.19. The van der Waals surface area contributed by atoms with Gasteiger partial charge in [0.1, 0.15) is 0 Å². The van der Waals surface area contributed by atoms with Crippen LogP contribution in [0.15, 0.2) is 35.8 Å². The van der Waals surface area contributed by atoms with E-state index < -0.39 is 0 Å². The third-order valence-electron chi connectivity index (χ3n) is 1.96. The van der Waals surface area contributed by atoms with Gasteiger partial charge in [-0.25, -0.2) is 4.98 Å². The fraction of sp³-hybridized carbons (Fsp3) is 0.375. The lowest BCUT2D eigenvalue weighted by molar-refractivity contribution is 1.30. The lowest BCUT2D eigenvalue weighted by atomic mass is 10.3. The van der Waals surface area contributed by atoms with E-state index in [1.807, 2.05) is 65.1 Å². The van der Waals surface area contributed by atoms with Gasteiger partial charge in [0, 0.05) is 11.6 Å². The maximum Gasteiger partial charge on any atom is 0.0907 e. The summed E-state index contributed by atoms with van der Waals surface area (Å²) in [6.45, 7) is 12.0. The van der Waals surface area contributed by atoms with Crippen LogP contribution in [0, 0.1) is 13.8 Å². The van der Waals surface area contributed by atoms with Crippen molar-refractivity contribution in [2.75, 3.05) is 0 Å². The summed E-state index contributed by atoms with van der Waals surface area (Å²) in [6.07, 6.45) is 1.81. The lowest BCUT2D eigenvalue weighted by Gasteiger charge is -1.80. The Balaban J connectivity index is 0.000000312. The topological polar surface area (TPSA) is 25.8 Å². The fourth-order valence-electron chi connectivity index (χ4n) is 1.28. The molecule has 2 aromatic heterocycles. The van der Waals surface area contributed by atoms with Crippen molar-refractivity contribution < 1.29 is 0 Å². The molecule has 1 aromatic carbocycles. The van der Waals surface area contributed by atoms with E-state index >= 15 is 0 Å². The van der Waals surface area contributed by atoms with Crippen LogP contribution in [0.4, 0.5) is 0 Å². The Labute approximate surface area is 130 Å². The molecule has 2 heterocycles. The zero-order chi connectivity index (χ0) is 15.4. The summed E-state index contributed by atoms with van der Waals surface area (Å²) in [5.41, 5.74) is 1.12. The van der Waals surface area contributed by atoms with Crippen LogP contribution in [0.1, 0.15) is 37.7 Å². The van der Waals surface area contributed by atoms with Gasteiger partial charge in [0.2, 0.25) is 0 Å². The number of hydrogen-bond acceptors (Lipinski definition) is 4. The molecule has 4 heteroatoms. The van der Waals surface area contributed by atoms with Crippen LogP contribution >= 0.6 is 22.7 Å². The Bertz CT molecular complexity index is 524. The van der Waals surface area contributed by atoms with E-state index in [2.05, 4.69) is 16.0 Å². The molecule has 0 bridgehead atoms. The average Bonchev–Trinajstić information content (AvgIpc) is 3.11. The SMILES string of the molecule is CC.CC.Cc1nc2ccccc2s1.Cc1nccs1. The average molecular weight is 309 g/mol. The van der Waals surface area contributed by atoms with Gasteiger partial charge >= 0.3 is 0 Å². The second-order valence-electron chi connectivity index (χ2n) is 3.25. The van der Waals surface area contributed by atoms with E-state index in [9.17, 15) is 0 Å². The van der Waals surface area contributed by atoms with E-state index in [-0.39, 0.29) is 0 Å². The van der Waals surface area contributed by atoms with Crippen LogP contribution in [0.5, 0.6) is 0 Å². The molecule has 3 aromatic rings. The molecule has 0 saturated heterocycles. The maximum absolute atomic E-state index is 4.33. The Morgan fingerprint density at radius 2 is 1.55 bits per heavy atom. The van der Waals surface area contributed by atoms with E-state index in [4.69, 9.17) is 0 Å². The van der Waals surface area contributed by atoms with Crippen LogP contribution in [-0.2, 0) is 0 Å². The third-order valence-corrected chi connectivity index (χ3v) is 3.61. The summed E-state index contributed by atoms with van der Waals surface area (Å²) >= 11 is 3.41. The van der Waals surface area contributed by atoms with Crippen LogP contribution in [0.3, 0.4) is 0 Å². The quantitative estimate of drug-likeness (QED) is 0.501.